The van der Waals surface area contributed by atoms with Crippen molar-refractivity contribution in [3.05, 3.63) is 0 Å². The van der Waals surface area contributed by atoms with Crippen molar-refractivity contribution in [1.29, 1.82) is 0 Å². The van der Waals surface area contributed by atoms with Crippen LogP contribution in [0.2, 0.25) is 0 Å². The summed E-state index contributed by atoms with van der Waals surface area (Å²) in [6, 6.07) is 0. The maximum Gasteiger partial charge on any atom is 0.307 e. The number of amides is 1. The first-order valence-corrected chi connectivity index (χ1v) is 7.86. The summed E-state index contributed by atoms with van der Waals surface area (Å²) in [5.74, 6) is -1.71. The predicted octanol–water partition coefficient (Wildman–Crippen LogP) is 3.54. The van der Waals surface area contributed by atoms with Crippen LogP contribution >= 0.6 is 0 Å². The summed E-state index contributed by atoms with van der Waals surface area (Å²) in [5.41, 5.74) is -0.607. The third kappa shape index (κ3) is 11.3. The molecule has 0 aromatic heterocycles. The summed E-state index contributed by atoms with van der Waals surface area (Å²) in [7, 11) is 0. The van der Waals surface area contributed by atoms with Crippen LogP contribution in [-0.2, 0) is 14.3 Å². The average molecular weight is 300 g/mol. The Labute approximate surface area is 131 Å². The molecule has 0 aliphatic rings. The molecule has 21 heavy (non-hydrogen) atoms. The van der Waals surface area contributed by atoms with Crippen molar-refractivity contribution in [2.45, 2.75) is 73.3 Å². The van der Waals surface area contributed by atoms with Gasteiger partial charge in [0.1, 0.15) is 5.60 Å². The molecule has 1 atom stereocenters. The van der Waals surface area contributed by atoms with Gasteiger partial charge >= 0.3 is 5.97 Å². The van der Waals surface area contributed by atoms with Gasteiger partial charge in [-0.3, -0.25) is 9.59 Å². The lowest BCUT2D eigenvalue weighted by Crippen LogP contribution is -2.35. The van der Waals surface area contributed by atoms with Gasteiger partial charge < -0.3 is 10.1 Å². The molecule has 0 radical (unpaired) electrons. The summed E-state index contributed by atoms with van der Waals surface area (Å²) in [6.45, 7) is 13.9. The third-order valence-corrected chi connectivity index (χ3v) is 2.76. The van der Waals surface area contributed by atoms with Gasteiger partial charge in [-0.25, -0.2) is 0 Å². The zero-order valence-electron chi connectivity index (χ0n) is 15.7. The van der Waals surface area contributed by atoms with Crippen LogP contribution in [0.1, 0.15) is 69.1 Å². The van der Waals surface area contributed by atoms with E-state index < -0.39 is 17.5 Å². The highest BCUT2D eigenvalue weighted by molar-refractivity contribution is 5.83. The van der Waals surface area contributed by atoms with E-state index in [0.717, 1.165) is 6.42 Å². The smallest absolute Gasteiger partial charge is 0.307 e. The fourth-order valence-corrected chi connectivity index (χ4v) is 1.89. The molecule has 1 amide bonds. The first kappa shape index (κ1) is 18.0. The molecule has 0 saturated heterocycles. The van der Waals surface area contributed by atoms with Crippen molar-refractivity contribution in [3.63, 3.8) is 0 Å². The van der Waals surface area contributed by atoms with Crippen molar-refractivity contribution in [2.24, 2.45) is 17.7 Å². The van der Waals surface area contributed by atoms with Crippen molar-refractivity contribution in [2.75, 3.05) is 6.54 Å². The molecule has 0 aromatic carbocycles. The highest BCUT2D eigenvalue weighted by atomic mass is 16.6. The molecule has 0 unspecified atom stereocenters. The topological polar surface area (TPSA) is 55.4 Å². The van der Waals surface area contributed by atoms with Gasteiger partial charge in [0.2, 0.25) is 5.91 Å². The van der Waals surface area contributed by atoms with Crippen LogP contribution in [-0.4, -0.2) is 24.0 Å². The fraction of sp³-hybridized carbons (Fsp3) is 0.882. The van der Waals surface area contributed by atoms with Crippen molar-refractivity contribution in [1.82, 2.24) is 5.32 Å². The first-order valence-electron chi connectivity index (χ1n) is 8.36. The summed E-state index contributed by atoms with van der Waals surface area (Å²) >= 11 is 0. The zero-order chi connectivity index (χ0) is 17.6. The molecule has 0 saturated carbocycles. The number of nitrogens with one attached hydrogen (secondary N) is 1. The third-order valence-electron chi connectivity index (χ3n) is 2.76. The van der Waals surface area contributed by atoms with Gasteiger partial charge in [-0.1, -0.05) is 27.7 Å². The van der Waals surface area contributed by atoms with E-state index in [1.807, 2.05) is 13.8 Å². The van der Waals surface area contributed by atoms with Gasteiger partial charge in [-0.15, -0.1) is 0 Å². The van der Waals surface area contributed by atoms with Gasteiger partial charge in [-0.2, -0.15) is 0 Å². The molecular formula is C17H33NO3. The molecule has 0 rings (SSSR count). The molecule has 0 aliphatic carbocycles. The van der Waals surface area contributed by atoms with Crippen LogP contribution in [0, 0.1) is 17.7 Å². The number of hydrogen-bond donors (Lipinski definition) is 1. The molecule has 4 heteroatoms. The van der Waals surface area contributed by atoms with Crippen LogP contribution in [0.5, 0.6) is 0 Å². The Balaban J connectivity index is 4.83. The van der Waals surface area contributed by atoms with Crippen molar-refractivity contribution < 1.29 is 15.7 Å². The molecule has 1 N–H and O–H groups in total. The molecule has 0 bridgehead atoms. The molecule has 0 aromatic rings. The summed E-state index contributed by atoms with van der Waals surface area (Å²) in [5, 5.41) is 2.79. The summed E-state index contributed by atoms with van der Waals surface area (Å²) in [4.78, 5) is 24.4. The van der Waals surface area contributed by atoms with E-state index in [9.17, 15) is 9.59 Å². The van der Waals surface area contributed by atoms with Crippen LogP contribution in [0.3, 0.4) is 0 Å². The normalized spacial score (nSPS) is 15.6. The van der Waals surface area contributed by atoms with E-state index in [-0.39, 0.29) is 18.2 Å². The van der Waals surface area contributed by atoms with Crippen LogP contribution in [0.25, 0.3) is 0 Å². The second-order valence-electron chi connectivity index (χ2n) is 7.40. The summed E-state index contributed by atoms with van der Waals surface area (Å²) in [6.07, 6.45) is 0.978. The Morgan fingerprint density at radius 3 is 2.14 bits per heavy atom. The Morgan fingerprint density at radius 2 is 1.71 bits per heavy atom. The van der Waals surface area contributed by atoms with Crippen LogP contribution in [0.4, 0.5) is 0 Å². The van der Waals surface area contributed by atoms with Crippen molar-refractivity contribution in [3.8, 4) is 0 Å². The maximum absolute atomic E-state index is 12.4. The number of ether oxygens (including phenoxy) is 1. The zero-order valence-corrected chi connectivity index (χ0v) is 14.7. The van der Waals surface area contributed by atoms with Gasteiger partial charge in [-0.05, 0) is 45.4 Å². The maximum atomic E-state index is 12.4. The fourth-order valence-electron chi connectivity index (χ4n) is 1.89. The second-order valence-corrected chi connectivity index (χ2v) is 7.40. The van der Waals surface area contributed by atoms with E-state index in [4.69, 9.17) is 6.11 Å². The molecule has 0 fully saturated rings. The highest BCUT2D eigenvalue weighted by Gasteiger charge is 2.26. The number of hydrogen-bond acceptors (Lipinski definition) is 3. The Kier molecular flexibility index (Phi) is 7.76. The van der Waals surface area contributed by atoms with Gasteiger partial charge in [0.25, 0.3) is 0 Å². The minimum absolute atomic E-state index is 0.149. The molecule has 0 spiro atoms. The minimum atomic E-state index is -1.46. The lowest BCUT2D eigenvalue weighted by molar-refractivity contribution is -0.157. The Bertz CT molecular complexity index is 375. The largest absolute Gasteiger partial charge is 0.460 e. The van der Waals surface area contributed by atoms with E-state index in [1.165, 1.54) is 0 Å². The highest BCUT2D eigenvalue weighted by Crippen LogP contribution is 2.19. The number of rotatable bonds is 8. The molecule has 4 nitrogen and oxygen atoms in total. The van der Waals surface area contributed by atoms with Gasteiger partial charge in [0.05, 0.1) is 6.42 Å². The Morgan fingerprint density at radius 1 is 1.14 bits per heavy atom. The molecular weight excluding hydrogens is 266 g/mol. The molecule has 124 valence electrons. The first-order chi connectivity index (χ1) is 9.85. The number of esters is 1. The second kappa shape index (κ2) is 9.06. The van der Waals surface area contributed by atoms with Gasteiger partial charge in [0.15, 0.2) is 0 Å². The van der Waals surface area contributed by atoms with Crippen LogP contribution in [0.15, 0.2) is 0 Å². The molecule has 0 aliphatic heterocycles. The van der Waals surface area contributed by atoms with E-state index in [0.29, 0.717) is 18.9 Å². The standard InChI is InChI=1S/C17H33NO3/c1-12(2)8-9-18-16(20)14(10-13(3)4)11-15(19)21-17(5,6)7/h12-14H,8-11H2,1-7H3,(H,18,20)/t14-/m1/s1/i14D. The summed E-state index contributed by atoms with van der Waals surface area (Å²) < 4.78 is 13.7. The van der Waals surface area contributed by atoms with E-state index in [1.54, 1.807) is 20.8 Å². The average Bonchev–Trinajstić information content (AvgIpc) is 2.23. The molecule has 0 heterocycles. The monoisotopic (exact) mass is 300 g/mol. The number of carbonyl (C=O) groups excluding carboxylic acids is 2. The van der Waals surface area contributed by atoms with Crippen LogP contribution < -0.4 is 5.32 Å². The predicted molar refractivity (Wildman–Crippen MR) is 85.9 cm³/mol. The lowest BCUT2D eigenvalue weighted by atomic mass is 9.93. The lowest BCUT2D eigenvalue weighted by Gasteiger charge is -2.23. The SMILES string of the molecule is [2H][C@](CC(=O)OC(C)(C)C)(CC(C)C)C(=O)NCCC(C)C. The van der Waals surface area contributed by atoms with Gasteiger partial charge in [0, 0.05) is 13.8 Å². The Hall–Kier alpha value is -1.06. The van der Waals surface area contributed by atoms with E-state index in [2.05, 4.69) is 19.2 Å². The van der Waals surface area contributed by atoms with Crippen molar-refractivity contribution >= 4 is 11.9 Å². The minimum Gasteiger partial charge on any atom is -0.460 e. The quantitative estimate of drug-likeness (QED) is 0.698. The van der Waals surface area contributed by atoms with E-state index >= 15 is 0 Å². The number of carbonyl (C=O) groups is 2.